The van der Waals surface area contributed by atoms with Gasteiger partial charge in [0.1, 0.15) is 0 Å². The number of nitrogens with two attached hydrogens (primary N) is 1. The molecule has 0 radical (unpaired) electrons. The summed E-state index contributed by atoms with van der Waals surface area (Å²) >= 11 is 0. The van der Waals surface area contributed by atoms with Crippen molar-refractivity contribution in [2.24, 2.45) is 0 Å². The van der Waals surface area contributed by atoms with Gasteiger partial charge in [-0.25, -0.2) is 0 Å². The minimum absolute atomic E-state index is 0.800. The molecule has 1 aliphatic rings. The second-order valence-electron chi connectivity index (χ2n) is 4.88. The second kappa shape index (κ2) is 4.46. The Morgan fingerprint density at radius 3 is 3.11 bits per heavy atom. The predicted octanol–water partition coefficient (Wildman–Crippen LogP) is 2.12. The standard InChI is InChI=1S/C14H17N3O/c1-10-7-12(18-16-10)8-17-6-5-11-3-2-4-14(15)13(11)9-17/h2-4,7H,5-6,8-9,15H2,1H3. The fourth-order valence-corrected chi connectivity index (χ4v) is 2.51. The van der Waals surface area contributed by atoms with E-state index in [0.717, 1.165) is 43.2 Å². The van der Waals surface area contributed by atoms with Crippen LogP contribution >= 0.6 is 0 Å². The summed E-state index contributed by atoms with van der Waals surface area (Å²) in [6.45, 7) is 4.67. The minimum atomic E-state index is 0.800. The van der Waals surface area contributed by atoms with Gasteiger partial charge in [-0.2, -0.15) is 0 Å². The second-order valence-corrected chi connectivity index (χ2v) is 4.88. The Morgan fingerprint density at radius 1 is 1.44 bits per heavy atom. The molecule has 0 saturated heterocycles. The number of hydrogen-bond acceptors (Lipinski definition) is 4. The summed E-state index contributed by atoms with van der Waals surface area (Å²) in [5.74, 6) is 0.922. The molecule has 2 N–H and O–H groups in total. The van der Waals surface area contributed by atoms with Crippen LogP contribution in [0.1, 0.15) is 22.6 Å². The van der Waals surface area contributed by atoms with Gasteiger partial charge in [-0.3, -0.25) is 4.90 Å². The van der Waals surface area contributed by atoms with Crippen molar-refractivity contribution in [2.45, 2.75) is 26.4 Å². The average Bonchev–Trinajstić information content (AvgIpc) is 2.76. The minimum Gasteiger partial charge on any atom is -0.398 e. The third-order valence-electron chi connectivity index (χ3n) is 3.44. The number of fused-ring (bicyclic) bond motifs is 1. The van der Waals surface area contributed by atoms with E-state index < -0.39 is 0 Å². The van der Waals surface area contributed by atoms with E-state index in [9.17, 15) is 0 Å². The van der Waals surface area contributed by atoms with Gasteiger partial charge >= 0.3 is 0 Å². The van der Waals surface area contributed by atoms with E-state index in [4.69, 9.17) is 10.3 Å². The van der Waals surface area contributed by atoms with Gasteiger partial charge in [-0.15, -0.1) is 0 Å². The highest BCUT2D eigenvalue weighted by Crippen LogP contribution is 2.25. The van der Waals surface area contributed by atoms with Crippen molar-refractivity contribution in [2.75, 3.05) is 12.3 Å². The molecule has 0 atom stereocenters. The largest absolute Gasteiger partial charge is 0.398 e. The molecule has 0 unspecified atom stereocenters. The maximum atomic E-state index is 6.04. The van der Waals surface area contributed by atoms with E-state index in [-0.39, 0.29) is 0 Å². The summed E-state index contributed by atoms with van der Waals surface area (Å²) in [6, 6.07) is 8.16. The number of nitrogen functional groups attached to an aromatic ring is 1. The van der Waals surface area contributed by atoms with Crippen molar-refractivity contribution < 1.29 is 4.52 Å². The van der Waals surface area contributed by atoms with Crippen LogP contribution < -0.4 is 5.73 Å². The normalized spacial score (nSPS) is 15.6. The molecule has 4 nitrogen and oxygen atoms in total. The molecule has 1 aromatic carbocycles. The van der Waals surface area contributed by atoms with E-state index >= 15 is 0 Å². The van der Waals surface area contributed by atoms with Crippen molar-refractivity contribution in [3.63, 3.8) is 0 Å². The lowest BCUT2D eigenvalue weighted by atomic mass is 9.98. The molecule has 0 amide bonds. The van der Waals surface area contributed by atoms with E-state index in [1.165, 1.54) is 11.1 Å². The van der Waals surface area contributed by atoms with Crippen LogP contribution in [0.5, 0.6) is 0 Å². The van der Waals surface area contributed by atoms with Crippen molar-refractivity contribution in [1.82, 2.24) is 10.1 Å². The van der Waals surface area contributed by atoms with Gasteiger partial charge in [-0.1, -0.05) is 17.3 Å². The van der Waals surface area contributed by atoms with Crippen LogP contribution in [-0.2, 0) is 19.5 Å². The monoisotopic (exact) mass is 243 g/mol. The first kappa shape index (κ1) is 11.3. The van der Waals surface area contributed by atoms with Crippen molar-refractivity contribution in [1.29, 1.82) is 0 Å². The summed E-state index contributed by atoms with van der Waals surface area (Å²) in [6.07, 6.45) is 1.05. The molecular weight excluding hydrogens is 226 g/mol. The predicted molar refractivity (Wildman–Crippen MR) is 69.9 cm³/mol. The molecule has 4 heteroatoms. The molecule has 1 aromatic heterocycles. The molecule has 0 aliphatic carbocycles. The van der Waals surface area contributed by atoms with E-state index in [1.807, 2.05) is 25.1 Å². The van der Waals surface area contributed by atoms with Gasteiger partial charge in [0.15, 0.2) is 5.76 Å². The molecule has 18 heavy (non-hydrogen) atoms. The highest BCUT2D eigenvalue weighted by atomic mass is 16.5. The lowest BCUT2D eigenvalue weighted by Crippen LogP contribution is -2.30. The Morgan fingerprint density at radius 2 is 2.33 bits per heavy atom. The molecule has 94 valence electrons. The highest BCUT2D eigenvalue weighted by molar-refractivity contribution is 5.51. The lowest BCUT2D eigenvalue weighted by molar-refractivity contribution is 0.215. The average molecular weight is 243 g/mol. The molecule has 0 bridgehead atoms. The first-order chi connectivity index (χ1) is 8.72. The Kier molecular flexibility index (Phi) is 2.80. The highest BCUT2D eigenvalue weighted by Gasteiger charge is 2.19. The van der Waals surface area contributed by atoms with Crippen LogP contribution in [0.3, 0.4) is 0 Å². The molecule has 0 fully saturated rings. The maximum Gasteiger partial charge on any atom is 0.150 e. The van der Waals surface area contributed by atoms with E-state index in [0.29, 0.717) is 0 Å². The fourth-order valence-electron chi connectivity index (χ4n) is 2.51. The summed E-state index contributed by atoms with van der Waals surface area (Å²) in [4.78, 5) is 2.35. The molecule has 0 saturated carbocycles. The third-order valence-corrected chi connectivity index (χ3v) is 3.44. The number of anilines is 1. The SMILES string of the molecule is Cc1cc(CN2CCc3cccc(N)c3C2)on1. The zero-order valence-corrected chi connectivity index (χ0v) is 10.5. The first-order valence-corrected chi connectivity index (χ1v) is 6.23. The van der Waals surface area contributed by atoms with Gasteiger partial charge in [0.25, 0.3) is 0 Å². The van der Waals surface area contributed by atoms with Crippen molar-refractivity contribution >= 4 is 5.69 Å². The number of benzene rings is 1. The van der Waals surface area contributed by atoms with Crippen LogP contribution in [-0.4, -0.2) is 16.6 Å². The molecule has 2 aromatic rings. The maximum absolute atomic E-state index is 6.04. The Labute approximate surface area is 106 Å². The van der Waals surface area contributed by atoms with Gasteiger partial charge in [0, 0.05) is 24.8 Å². The lowest BCUT2D eigenvalue weighted by Gasteiger charge is -2.28. The zero-order chi connectivity index (χ0) is 12.5. The third kappa shape index (κ3) is 2.11. The number of hydrogen-bond donors (Lipinski definition) is 1. The van der Waals surface area contributed by atoms with Crippen LogP contribution in [0.25, 0.3) is 0 Å². The molecule has 2 heterocycles. The summed E-state index contributed by atoms with van der Waals surface area (Å²) in [7, 11) is 0. The van der Waals surface area contributed by atoms with Gasteiger partial charge in [-0.05, 0) is 30.5 Å². The Bertz CT molecular complexity index is 562. The Balaban J connectivity index is 1.76. The van der Waals surface area contributed by atoms with Gasteiger partial charge < -0.3 is 10.3 Å². The van der Waals surface area contributed by atoms with Crippen molar-refractivity contribution in [3.8, 4) is 0 Å². The van der Waals surface area contributed by atoms with Gasteiger partial charge in [0.05, 0.1) is 12.2 Å². The first-order valence-electron chi connectivity index (χ1n) is 6.23. The van der Waals surface area contributed by atoms with Crippen LogP contribution in [0.4, 0.5) is 5.69 Å². The molecule has 1 aliphatic heterocycles. The molecular formula is C14H17N3O. The topological polar surface area (TPSA) is 55.3 Å². The summed E-state index contributed by atoms with van der Waals surface area (Å²) in [5.41, 5.74) is 10.5. The number of aryl methyl sites for hydroxylation is 1. The number of nitrogens with zero attached hydrogens (tertiary/aromatic N) is 2. The van der Waals surface area contributed by atoms with Crippen LogP contribution in [0.2, 0.25) is 0 Å². The number of rotatable bonds is 2. The summed E-state index contributed by atoms with van der Waals surface area (Å²) in [5, 5.41) is 3.92. The number of aromatic nitrogens is 1. The quantitative estimate of drug-likeness (QED) is 0.821. The zero-order valence-electron chi connectivity index (χ0n) is 10.5. The van der Waals surface area contributed by atoms with Gasteiger partial charge in [0.2, 0.25) is 0 Å². The van der Waals surface area contributed by atoms with Crippen LogP contribution in [0.15, 0.2) is 28.8 Å². The fraction of sp³-hybridized carbons (Fsp3) is 0.357. The molecule has 3 rings (SSSR count). The Hall–Kier alpha value is -1.81. The molecule has 0 spiro atoms. The summed E-state index contributed by atoms with van der Waals surface area (Å²) < 4.78 is 5.26. The van der Waals surface area contributed by atoms with E-state index in [2.05, 4.69) is 16.1 Å². The van der Waals surface area contributed by atoms with Crippen LogP contribution in [0, 0.1) is 6.92 Å². The van der Waals surface area contributed by atoms with Crippen molar-refractivity contribution in [3.05, 3.63) is 46.8 Å². The van der Waals surface area contributed by atoms with E-state index in [1.54, 1.807) is 0 Å². The smallest absolute Gasteiger partial charge is 0.150 e.